The van der Waals surface area contributed by atoms with E-state index >= 15 is 0 Å². The second-order valence-electron chi connectivity index (χ2n) is 4.36. The molecule has 6 heteroatoms. The third-order valence-corrected chi connectivity index (χ3v) is 2.82. The van der Waals surface area contributed by atoms with Gasteiger partial charge in [0.15, 0.2) is 5.69 Å². The molecule has 1 heterocycles. The number of carbonyl (C=O) groups excluding carboxylic acids is 1. The average Bonchev–Trinajstić information content (AvgIpc) is 2.98. The van der Waals surface area contributed by atoms with E-state index in [4.69, 9.17) is 0 Å². The Hall–Kier alpha value is -3.15. The number of hydrogen-bond donors (Lipinski definition) is 2. The molecule has 21 heavy (non-hydrogen) atoms. The van der Waals surface area contributed by atoms with E-state index in [1.165, 1.54) is 23.1 Å². The molecule has 0 aliphatic carbocycles. The van der Waals surface area contributed by atoms with Crippen LogP contribution in [0, 0.1) is 0 Å². The highest BCUT2D eigenvalue weighted by atomic mass is 16.3. The number of aromatic hydroxyl groups is 1. The summed E-state index contributed by atoms with van der Waals surface area (Å²) >= 11 is 0. The lowest BCUT2D eigenvalue weighted by atomic mass is 10.3. The van der Waals surface area contributed by atoms with Gasteiger partial charge in [-0.25, -0.2) is 0 Å². The molecule has 0 atom stereocenters. The quantitative estimate of drug-likeness (QED) is 0.771. The first kappa shape index (κ1) is 12.9. The molecular formula is C15H12N4O2. The predicted octanol–water partition coefficient (Wildman–Crippen LogP) is 2.23. The van der Waals surface area contributed by atoms with Crippen molar-refractivity contribution in [3.8, 4) is 11.4 Å². The summed E-state index contributed by atoms with van der Waals surface area (Å²) in [5.41, 5.74) is 1.46. The molecule has 0 saturated carbocycles. The SMILES string of the molecule is O=C(Nc1cccc(O)c1)c1cnn(-c2ccccc2)n1. The Morgan fingerprint density at radius 1 is 1.10 bits per heavy atom. The minimum absolute atomic E-state index is 0.0840. The first-order valence-corrected chi connectivity index (χ1v) is 6.30. The molecule has 3 aromatic rings. The Kier molecular flexibility index (Phi) is 3.34. The van der Waals surface area contributed by atoms with E-state index in [1.807, 2.05) is 30.3 Å². The summed E-state index contributed by atoms with van der Waals surface area (Å²) in [4.78, 5) is 13.4. The number of nitrogens with zero attached hydrogens (tertiary/aromatic N) is 3. The molecule has 2 N–H and O–H groups in total. The molecule has 0 saturated heterocycles. The van der Waals surface area contributed by atoms with E-state index < -0.39 is 0 Å². The maximum atomic E-state index is 12.1. The van der Waals surface area contributed by atoms with Crippen LogP contribution in [-0.2, 0) is 0 Å². The van der Waals surface area contributed by atoms with E-state index in [-0.39, 0.29) is 17.4 Å². The maximum Gasteiger partial charge on any atom is 0.277 e. The fourth-order valence-electron chi connectivity index (χ4n) is 1.83. The molecule has 0 bridgehead atoms. The summed E-state index contributed by atoms with van der Waals surface area (Å²) < 4.78 is 0. The normalized spacial score (nSPS) is 10.3. The molecule has 104 valence electrons. The van der Waals surface area contributed by atoms with Crippen molar-refractivity contribution in [2.24, 2.45) is 0 Å². The summed E-state index contributed by atoms with van der Waals surface area (Å²) in [5, 5.41) is 20.2. The zero-order valence-electron chi connectivity index (χ0n) is 11.0. The fourth-order valence-corrected chi connectivity index (χ4v) is 1.83. The summed E-state index contributed by atoms with van der Waals surface area (Å²) in [6, 6.07) is 15.6. The van der Waals surface area contributed by atoms with Gasteiger partial charge in [-0.05, 0) is 24.3 Å². The van der Waals surface area contributed by atoms with Crippen LogP contribution in [0.1, 0.15) is 10.5 Å². The van der Waals surface area contributed by atoms with Crippen LogP contribution < -0.4 is 5.32 Å². The molecule has 6 nitrogen and oxygen atoms in total. The third kappa shape index (κ3) is 2.89. The maximum absolute atomic E-state index is 12.1. The first-order chi connectivity index (χ1) is 10.2. The van der Waals surface area contributed by atoms with E-state index in [1.54, 1.807) is 12.1 Å². The minimum atomic E-state index is -0.386. The van der Waals surface area contributed by atoms with E-state index in [0.29, 0.717) is 5.69 Å². The van der Waals surface area contributed by atoms with E-state index in [0.717, 1.165) is 5.69 Å². The number of benzene rings is 2. The molecule has 2 aromatic carbocycles. The summed E-state index contributed by atoms with van der Waals surface area (Å²) in [6.45, 7) is 0. The van der Waals surface area contributed by atoms with Crippen molar-refractivity contribution in [1.82, 2.24) is 15.0 Å². The molecule has 0 unspecified atom stereocenters. The minimum Gasteiger partial charge on any atom is -0.508 e. The number of aromatic nitrogens is 3. The fraction of sp³-hybridized carbons (Fsp3) is 0. The van der Waals surface area contributed by atoms with Crippen LogP contribution in [0.3, 0.4) is 0 Å². The van der Waals surface area contributed by atoms with Crippen molar-refractivity contribution in [2.45, 2.75) is 0 Å². The molecule has 0 aliphatic rings. The molecular weight excluding hydrogens is 268 g/mol. The predicted molar refractivity (Wildman–Crippen MR) is 77.4 cm³/mol. The smallest absolute Gasteiger partial charge is 0.277 e. The number of hydrogen-bond acceptors (Lipinski definition) is 4. The van der Waals surface area contributed by atoms with Gasteiger partial charge in [-0.3, -0.25) is 4.79 Å². The number of phenols is 1. The van der Waals surface area contributed by atoms with E-state index in [2.05, 4.69) is 15.5 Å². The van der Waals surface area contributed by atoms with Gasteiger partial charge in [0.05, 0.1) is 11.9 Å². The molecule has 1 aromatic heterocycles. The lowest BCUT2D eigenvalue weighted by molar-refractivity contribution is 0.102. The van der Waals surface area contributed by atoms with Crippen molar-refractivity contribution in [2.75, 3.05) is 5.32 Å². The van der Waals surface area contributed by atoms with Crippen molar-refractivity contribution in [1.29, 1.82) is 0 Å². The van der Waals surface area contributed by atoms with Crippen molar-refractivity contribution in [3.05, 3.63) is 66.5 Å². The molecule has 0 spiro atoms. The monoisotopic (exact) mass is 280 g/mol. The largest absolute Gasteiger partial charge is 0.508 e. The first-order valence-electron chi connectivity index (χ1n) is 6.30. The third-order valence-electron chi connectivity index (χ3n) is 2.82. The van der Waals surface area contributed by atoms with Crippen molar-refractivity contribution < 1.29 is 9.90 Å². The second-order valence-corrected chi connectivity index (χ2v) is 4.36. The summed E-state index contributed by atoms with van der Waals surface area (Å²) in [7, 11) is 0. The Bertz CT molecular complexity index is 768. The summed E-state index contributed by atoms with van der Waals surface area (Å²) in [6.07, 6.45) is 1.39. The number of nitrogens with one attached hydrogen (secondary N) is 1. The number of anilines is 1. The van der Waals surface area contributed by atoms with Crippen LogP contribution in [0.25, 0.3) is 5.69 Å². The number of rotatable bonds is 3. The van der Waals surface area contributed by atoms with Gasteiger partial charge in [0, 0.05) is 11.8 Å². The van der Waals surface area contributed by atoms with Crippen LogP contribution in [-0.4, -0.2) is 26.0 Å². The zero-order chi connectivity index (χ0) is 14.7. The zero-order valence-corrected chi connectivity index (χ0v) is 11.0. The summed E-state index contributed by atoms with van der Waals surface area (Å²) in [5.74, 6) is -0.302. The number of amides is 1. The molecule has 1 amide bonds. The Morgan fingerprint density at radius 2 is 1.90 bits per heavy atom. The average molecular weight is 280 g/mol. The van der Waals surface area contributed by atoms with Gasteiger partial charge >= 0.3 is 0 Å². The van der Waals surface area contributed by atoms with Gasteiger partial charge < -0.3 is 10.4 Å². The molecule has 0 aliphatic heterocycles. The molecule has 0 radical (unpaired) electrons. The highest BCUT2D eigenvalue weighted by Gasteiger charge is 2.11. The molecule has 0 fully saturated rings. The van der Waals surface area contributed by atoms with Crippen LogP contribution >= 0.6 is 0 Å². The Balaban J connectivity index is 1.78. The number of carbonyl (C=O) groups is 1. The van der Waals surface area contributed by atoms with Gasteiger partial charge in [0.2, 0.25) is 0 Å². The Morgan fingerprint density at radius 3 is 2.67 bits per heavy atom. The standard InChI is InChI=1S/C15H12N4O2/c20-13-8-4-5-11(9-13)17-15(21)14-10-16-19(18-14)12-6-2-1-3-7-12/h1-10,20H,(H,17,21). The van der Waals surface area contributed by atoms with Crippen LogP contribution in [0.5, 0.6) is 5.75 Å². The van der Waals surface area contributed by atoms with Gasteiger partial charge in [-0.15, -0.1) is 5.10 Å². The van der Waals surface area contributed by atoms with Crippen LogP contribution in [0.2, 0.25) is 0 Å². The number of para-hydroxylation sites is 1. The van der Waals surface area contributed by atoms with Crippen molar-refractivity contribution >= 4 is 11.6 Å². The second kappa shape index (κ2) is 5.46. The Labute approximate surface area is 120 Å². The topological polar surface area (TPSA) is 80.0 Å². The molecule has 3 rings (SSSR count). The van der Waals surface area contributed by atoms with Crippen molar-refractivity contribution in [3.63, 3.8) is 0 Å². The van der Waals surface area contributed by atoms with Crippen LogP contribution in [0.4, 0.5) is 5.69 Å². The number of phenolic OH excluding ortho intramolecular Hbond substituents is 1. The van der Waals surface area contributed by atoms with E-state index in [9.17, 15) is 9.90 Å². The lowest BCUT2D eigenvalue weighted by Gasteiger charge is -2.03. The van der Waals surface area contributed by atoms with Crippen LogP contribution in [0.15, 0.2) is 60.8 Å². The van der Waals surface area contributed by atoms with Gasteiger partial charge in [0.25, 0.3) is 5.91 Å². The van der Waals surface area contributed by atoms with Gasteiger partial charge in [0.1, 0.15) is 5.75 Å². The highest BCUT2D eigenvalue weighted by Crippen LogP contribution is 2.16. The lowest BCUT2D eigenvalue weighted by Crippen LogP contribution is -2.13. The van der Waals surface area contributed by atoms with Gasteiger partial charge in [-0.2, -0.15) is 9.90 Å². The highest BCUT2D eigenvalue weighted by molar-refractivity contribution is 6.02. The van der Waals surface area contributed by atoms with Gasteiger partial charge in [-0.1, -0.05) is 24.3 Å².